The number of hydrogen-bond donors (Lipinski definition) is 5. The lowest BCUT2D eigenvalue weighted by atomic mass is 9.43. The van der Waals surface area contributed by atoms with Crippen LogP contribution < -0.4 is 0 Å². The fraction of sp³-hybridized carbons (Fsp3) is 1.00. The van der Waals surface area contributed by atoms with Gasteiger partial charge in [-0.2, -0.15) is 0 Å². The monoisotopic (exact) mass is 316 g/mol. The molecule has 7 nitrogen and oxygen atoms in total. The summed E-state index contributed by atoms with van der Waals surface area (Å²) in [5.41, 5.74) is -6.05. The zero-order chi connectivity index (χ0) is 16.2. The number of ether oxygens (including phenoxy) is 2. The van der Waals surface area contributed by atoms with Crippen LogP contribution in [0.4, 0.5) is 0 Å². The van der Waals surface area contributed by atoms with Gasteiger partial charge >= 0.3 is 0 Å². The second-order valence-electron chi connectivity index (χ2n) is 7.86. The molecule has 22 heavy (non-hydrogen) atoms. The number of aliphatic hydroxyl groups excluding tert-OH is 2. The Balaban J connectivity index is 2.07. The van der Waals surface area contributed by atoms with Crippen molar-refractivity contribution < 1.29 is 35.0 Å². The molecule has 126 valence electrons. The molecule has 3 aliphatic heterocycles. The summed E-state index contributed by atoms with van der Waals surface area (Å²) in [6.07, 6.45) is -1.39. The first kappa shape index (κ1) is 15.3. The van der Waals surface area contributed by atoms with Crippen LogP contribution in [0.25, 0.3) is 0 Å². The minimum absolute atomic E-state index is 0.0898. The number of hydrogen-bond acceptors (Lipinski definition) is 7. The highest BCUT2D eigenvalue weighted by molar-refractivity contribution is 5.31. The predicted molar refractivity (Wildman–Crippen MR) is 72.3 cm³/mol. The van der Waals surface area contributed by atoms with Gasteiger partial charge in [0, 0.05) is 11.8 Å². The molecular weight excluding hydrogens is 292 g/mol. The van der Waals surface area contributed by atoms with E-state index in [9.17, 15) is 25.5 Å². The fourth-order valence-corrected chi connectivity index (χ4v) is 5.91. The summed E-state index contributed by atoms with van der Waals surface area (Å²) in [5, 5.41) is 54.7. The maximum Gasteiger partial charge on any atom is 0.199 e. The Kier molecular flexibility index (Phi) is 2.67. The van der Waals surface area contributed by atoms with Crippen LogP contribution in [0, 0.1) is 16.7 Å². The van der Waals surface area contributed by atoms with Crippen molar-refractivity contribution in [1.29, 1.82) is 0 Å². The van der Waals surface area contributed by atoms with Crippen molar-refractivity contribution in [2.45, 2.75) is 62.5 Å². The highest BCUT2D eigenvalue weighted by Gasteiger charge is 2.86. The first-order valence-electron chi connectivity index (χ1n) is 7.87. The summed E-state index contributed by atoms with van der Waals surface area (Å²) in [5.74, 6) is -2.09. The van der Waals surface area contributed by atoms with Gasteiger partial charge in [-0.05, 0) is 25.7 Å². The first-order chi connectivity index (χ1) is 10.1. The van der Waals surface area contributed by atoms with E-state index in [4.69, 9.17) is 9.47 Å². The Morgan fingerprint density at radius 1 is 1.23 bits per heavy atom. The average molecular weight is 316 g/mol. The standard InChI is InChI=1S/C15H24O7/c1-8-3-4-14(19)12(6-16)7-21-10-9(17)13(8,14)5-15(20,22-10)11(12,2)18/h8-10,16-20H,3-7H2,1-2H3/t8-,9+,10+,11-,12-,13+,14+,15-/m1/s1. The van der Waals surface area contributed by atoms with Crippen LogP contribution in [0.5, 0.6) is 0 Å². The summed E-state index contributed by atoms with van der Waals surface area (Å²) in [6, 6.07) is 0. The Morgan fingerprint density at radius 2 is 1.91 bits per heavy atom. The third-order valence-corrected chi connectivity index (χ3v) is 7.47. The molecule has 5 rings (SSSR count). The average Bonchev–Trinajstić information content (AvgIpc) is 2.64. The van der Waals surface area contributed by atoms with E-state index < -0.39 is 46.8 Å². The molecule has 8 atom stereocenters. The third-order valence-electron chi connectivity index (χ3n) is 7.47. The topological polar surface area (TPSA) is 120 Å². The van der Waals surface area contributed by atoms with Gasteiger partial charge in [0.2, 0.25) is 0 Å². The van der Waals surface area contributed by atoms with Gasteiger partial charge in [-0.15, -0.1) is 0 Å². The number of fused-ring (bicyclic) bond motifs is 1. The van der Waals surface area contributed by atoms with Gasteiger partial charge in [0.25, 0.3) is 0 Å². The minimum Gasteiger partial charge on any atom is -0.395 e. The molecule has 5 fully saturated rings. The van der Waals surface area contributed by atoms with Gasteiger partial charge in [-0.25, -0.2) is 0 Å². The van der Waals surface area contributed by atoms with Gasteiger partial charge in [-0.1, -0.05) is 6.92 Å². The molecule has 3 saturated heterocycles. The lowest BCUT2D eigenvalue weighted by Crippen LogP contribution is -2.84. The normalized spacial score (nSPS) is 66.4. The van der Waals surface area contributed by atoms with Crippen molar-refractivity contribution in [3.63, 3.8) is 0 Å². The van der Waals surface area contributed by atoms with Crippen molar-refractivity contribution in [3.05, 3.63) is 0 Å². The minimum atomic E-state index is -1.99. The van der Waals surface area contributed by atoms with E-state index >= 15 is 0 Å². The summed E-state index contributed by atoms with van der Waals surface area (Å²) >= 11 is 0. The van der Waals surface area contributed by atoms with Crippen LogP contribution in [0.1, 0.15) is 33.1 Å². The molecule has 5 aliphatic rings. The SMILES string of the molecule is C[C@@H]1CC[C@@]2(O)[C@@]13C[C@@]1(O)O[C@H](OC[C@]2(CO)[C@@]1(C)O)[C@@H]3O. The van der Waals surface area contributed by atoms with E-state index in [0.717, 1.165) is 0 Å². The molecule has 1 spiro atoms. The van der Waals surface area contributed by atoms with Crippen molar-refractivity contribution in [3.8, 4) is 0 Å². The first-order valence-corrected chi connectivity index (χ1v) is 7.87. The lowest BCUT2D eigenvalue weighted by molar-refractivity contribution is -0.452. The van der Waals surface area contributed by atoms with Crippen LogP contribution in [-0.4, -0.2) is 68.1 Å². The Labute approximate surface area is 128 Å². The van der Waals surface area contributed by atoms with Crippen molar-refractivity contribution in [2.75, 3.05) is 13.2 Å². The Bertz CT molecular complexity index is 524. The highest BCUT2D eigenvalue weighted by atomic mass is 16.8. The van der Waals surface area contributed by atoms with E-state index in [-0.39, 0.29) is 18.9 Å². The van der Waals surface area contributed by atoms with E-state index in [1.807, 2.05) is 6.92 Å². The van der Waals surface area contributed by atoms with Gasteiger partial charge < -0.3 is 35.0 Å². The van der Waals surface area contributed by atoms with Crippen molar-refractivity contribution in [1.82, 2.24) is 0 Å². The summed E-state index contributed by atoms with van der Waals surface area (Å²) in [4.78, 5) is 0. The summed E-state index contributed by atoms with van der Waals surface area (Å²) in [7, 11) is 0. The highest BCUT2D eigenvalue weighted by Crippen LogP contribution is 2.74. The quantitative estimate of drug-likeness (QED) is 0.408. The molecule has 0 aromatic carbocycles. The predicted octanol–water partition coefficient (Wildman–Crippen LogP) is -1.30. The molecule has 4 bridgehead atoms. The fourth-order valence-electron chi connectivity index (χ4n) is 5.91. The molecule has 7 heteroatoms. The van der Waals surface area contributed by atoms with Gasteiger partial charge in [0.15, 0.2) is 12.1 Å². The van der Waals surface area contributed by atoms with E-state index in [1.54, 1.807) is 0 Å². The maximum atomic E-state index is 11.6. The molecule has 0 amide bonds. The summed E-state index contributed by atoms with van der Waals surface area (Å²) in [6.45, 7) is 2.52. The molecule has 0 aromatic heterocycles. The second-order valence-corrected chi connectivity index (χ2v) is 7.86. The third kappa shape index (κ3) is 1.14. The number of aliphatic hydroxyl groups is 5. The van der Waals surface area contributed by atoms with Gasteiger partial charge in [0.1, 0.15) is 11.7 Å². The van der Waals surface area contributed by atoms with Crippen LogP contribution in [0.15, 0.2) is 0 Å². The molecule has 2 aliphatic carbocycles. The van der Waals surface area contributed by atoms with Crippen LogP contribution in [0.2, 0.25) is 0 Å². The van der Waals surface area contributed by atoms with Crippen molar-refractivity contribution in [2.24, 2.45) is 16.7 Å². The van der Waals surface area contributed by atoms with Crippen LogP contribution in [-0.2, 0) is 9.47 Å². The smallest absolute Gasteiger partial charge is 0.199 e. The second kappa shape index (κ2) is 3.85. The zero-order valence-electron chi connectivity index (χ0n) is 12.8. The van der Waals surface area contributed by atoms with Crippen LogP contribution in [0.3, 0.4) is 0 Å². The largest absolute Gasteiger partial charge is 0.395 e. The van der Waals surface area contributed by atoms with Crippen molar-refractivity contribution >= 4 is 0 Å². The molecule has 2 saturated carbocycles. The molecule has 0 radical (unpaired) electrons. The Morgan fingerprint density at radius 3 is 2.55 bits per heavy atom. The van der Waals surface area contributed by atoms with E-state index in [0.29, 0.717) is 12.8 Å². The molecule has 0 aromatic rings. The molecule has 0 unspecified atom stereocenters. The lowest BCUT2D eigenvalue weighted by Gasteiger charge is -2.69. The van der Waals surface area contributed by atoms with Crippen LogP contribution >= 0.6 is 0 Å². The zero-order valence-corrected chi connectivity index (χ0v) is 12.8. The Hall–Kier alpha value is -0.280. The molecule has 3 heterocycles. The van der Waals surface area contributed by atoms with E-state index in [1.165, 1.54) is 6.92 Å². The van der Waals surface area contributed by atoms with Gasteiger partial charge in [0.05, 0.1) is 24.2 Å². The van der Waals surface area contributed by atoms with E-state index in [2.05, 4.69) is 0 Å². The maximum absolute atomic E-state index is 11.6. The van der Waals surface area contributed by atoms with Gasteiger partial charge in [-0.3, -0.25) is 0 Å². The molecular formula is C15H24O7. The molecule has 5 N–H and O–H groups in total. The number of rotatable bonds is 1. The summed E-state index contributed by atoms with van der Waals surface area (Å²) < 4.78 is 11.1.